The molecule has 0 N–H and O–H groups in total. The van der Waals surface area contributed by atoms with Crippen LogP contribution < -0.4 is 9.47 Å². The van der Waals surface area contributed by atoms with Gasteiger partial charge in [0.15, 0.2) is 11.5 Å². The van der Waals surface area contributed by atoms with Crippen molar-refractivity contribution in [2.45, 2.75) is 32.4 Å². The van der Waals surface area contributed by atoms with Gasteiger partial charge in [-0.1, -0.05) is 6.07 Å². The fourth-order valence-electron chi connectivity index (χ4n) is 4.64. The Morgan fingerprint density at radius 3 is 2.80 bits per heavy atom. The van der Waals surface area contributed by atoms with Crippen molar-refractivity contribution in [2.24, 2.45) is 0 Å². The summed E-state index contributed by atoms with van der Waals surface area (Å²) >= 11 is 1.54. The molecule has 3 aliphatic rings. The number of amides is 1. The van der Waals surface area contributed by atoms with Gasteiger partial charge in [-0.15, -0.1) is 11.3 Å². The van der Waals surface area contributed by atoms with Crippen LogP contribution in [0.1, 0.15) is 33.9 Å². The predicted octanol–water partition coefficient (Wildman–Crippen LogP) is 2.60. The number of carbonyl (C=O) groups is 1. The van der Waals surface area contributed by atoms with Gasteiger partial charge in [-0.2, -0.15) is 0 Å². The molecule has 7 nitrogen and oxygen atoms in total. The molecule has 160 valence electrons. The molecule has 5 rings (SSSR count). The molecule has 8 heteroatoms. The van der Waals surface area contributed by atoms with Crippen LogP contribution in [0.15, 0.2) is 23.6 Å². The number of fused-ring (bicyclic) bond motifs is 1. The van der Waals surface area contributed by atoms with Gasteiger partial charge < -0.3 is 14.4 Å². The van der Waals surface area contributed by atoms with Crippen LogP contribution >= 0.6 is 11.3 Å². The lowest BCUT2D eigenvalue weighted by Crippen LogP contribution is -2.55. The topological polar surface area (TPSA) is 58.1 Å². The summed E-state index contributed by atoms with van der Waals surface area (Å²) in [5, 5.41) is 2.83. The lowest BCUT2D eigenvalue weighted by molar-refractivity contribution is 0.0404. The van der Waals surface area contributed by atoms with Gasteiger partial charge >= 0.3 is 0 Å². The normalized spacial score (nSPS) is 22.4. The Labute approximate surface area is 181 Å². The molecule has 0 spiro atoms. The minimum atomic E-state index is 0.0884. The lowest BCUT2D eigenvalue weighted by Gasteiger charge is -2.43. The fourth-order valence-corrected chi connectivity index (χ4v) is 5.23. The second-order valence-electron chi connectivity index (χ2n) is 8.30. The van der Waals surface area contributed by atoms with E-state index < -0.39 is 0 Å². The molecule has 0 saturated carbocycles. The number of carbonyl (C=O) groups excluding carboxylic acids is 1. The van der Waals surface area contributed by atoms with Gasteiger partial charge in [0.05, 0.1) is 5.01 Å². The average molecular weight is 429 g/mol. The van der Waals surface area contributed by atoms with Gasteiger partial charge in [-0.05, 0) is 37.5 Å². The first-order valence-electron chi connectivity index (χ1n) is 10.7. The summed E-state index contributed by atoms with van der Waals surface area (Å²) in [6.45, 7) is 9.05. The van der Waals surface area contributed by atoms with Crippen LogP contribution in [0.25, 0.3) is 0 Å². The summed E-state index contributed by atoms with van der Waals surface area (Å²) in [5.41, 5.74) is 1.87. The highest BCUT2D eigenvalue weighted by Crippen LogP contribution is 2.33. The number of ether oxygens (including phenoxy) is 2. The van der Waals surface area contributed by atoms with Gasteiger partial charge in [-0.25, -0.2) is 4.98 Å². The molecule has 0 bridgehead atoms. The van der Waals surface area contributed by atoms with E-state index in [1.54, 1.807) is 11.3 Å². The van der Waals surface area contributed by atoms with Gasteiger partial charge in [-0.3, -0.25) is 14.6 Å². The monoisotopic (exact) mass is 428 g/mol. The van der Waals surface area contributed by atoms with Crippen LogP contribution in [0.2, 0.25) is 0 Å². The Hall–Kier alpha value is -2.16. The summed E-state index contributed by atoms with van der Waals surface area (Å²) in [6.07, 6.45) is 2.24. The number of piperidine rings is 1. The largest absolute Gasteiger partial charge is 0.454 e. The van der Waals surface area contributed by atoms with Crippen LogP contribution in [-0.4, -0.2) is 77.7 Å². The van der Waals surface area contributed by atoms with E-state index in [1.807, 2.05) is 23.3 Å². The van der Waals surface area contributed by atoms with E-state index in [1.165, 1.54) is 12.0 Å². The maximum absolute atomic E-state index is 12.8. The van der Waals surface area contributed by atoms with Crippen molar-refractivity contribution in [3.05, 3.63) is 39.8 Å². The first-order chi connectivity index (χ1) is 14.7. The SMILES string of the molecule is Cc1nc(C(=O)N2CCC[C@@H](N3CCN(Cc4ccc5c(c4)OCO5)CC3)C2)cs1. The maximum Gasteiger partial charge on any atom is 0.273 e. The zero-order valence-electron chi connectivity index (χ0n) is 17.4. The molecule has 2 aromatic rings. The number of hydrogen-bond acceptors (Lipinski definition) is 7. The van der Waals surface area contributed by atoms with Crippen LogP contribution in [0, 0.1) is 6.92 Å². The molecule has 2 saturated heterocycles. The average Bonchev–Trinajstić information content (AvgIpc) is 3.42. The van der Waals surface area contributed by atoms with Crippen LogP contribution in [-0.2, 0) is 6.54 Å². The zero-order valence-corrected chi connectivity index (χ0v) is 18.2. The summed E-state index contributed by atoms with van der Waals surface area (Å²) < 4.78 is 10.9. The van der Waals surface area contributed by atoms with Crippen molar-refractivity contribution in [3.8, 4) is 11.5 Å². The molecule has 4 heterocycles. The minimum absolute atomic E-state index is 0.0884. The Balaban J connectivity index is 1.14. The highest BCUT2D eigenvalue weighted by molar-refractivity contribution is 7.09. The van der Waals surface area contributed by atoms with Gasteiger partial charge in [0, 0.05) is 57.2 Å². The number of hydrogen-bond donors (Lipinski definition) is 0. The van der Waals surface area contributed by atoms with Crippen molar-refractivity contribution in [3.63, 3.8) is 0 Å². The van der Waals surface area contributed by atoms with E-state index >= 15 is 0 Å². The molecule has 2 fully saturated rings. The smallest absolute Gasteiger partial charge is 0.273 e. The Morgan fingerprint density at radius 1 is 1.17 bits per heavy atom. The van der Waals surface area contributed by atoms with Crippen LogP contribution in [0.4, 0.5) is 0 Å². The first-order valence-corrected chi connectivity index (χ1v) is 11.6. The molecular formula is C22H28N4O3S. The van der Waals surface area contributed by atoms with E-state index in [9.17, 15) is 4.79 Å². The third kappa shape index (κ3) is 4.17. The maximum atomic E-state index is 12.8. The number of nitrogens with zero attached hydrogens (tertiary/aromatic N) is 4. The van der Waals surface area contributed by atoms with Crippen LogP contribution in [0.3, 0.4) is 0 Å². The van der Waals surface area contributed by atoms with E-state index in [0.29, 0.717) is 18.5 Å². The summed E-state index contributed by atoms with van der Waals surface area (Å²) in [7, 11) is 0. The highest BCUT2D eigenvalue weighted by atomic mass is 32.1. The number of likely N-dealkylation sites (tertiary alicyclic amines) is 1. The molecule has 1 amide bonds. The van der Waals surface area contributed by atoms with E-state index in [0.717, 1.165) is 68.7 Å². The standard InChI is InChI=1S/C22H28N4O3S/c1-16-23-19(14-30-16)22(27)26-6-2-3-18(13-26)25-9-7-24(8-10-25)12-17-4-5-20-21(11-17)29-15-28-20/h4-5,11,14,18H,2-3,6-10,12-13,15H2,1H3/t18-/m1/s1. The molecule has 0 unspecified atom stereocenters. The number of benzene rings is 1. The molecule has 0 radical (unpaired) electrons. The van der Waals surface area contributed by atoms with E-state index in [2.05, 4.69) is 26.9 Å². The zero-order chi connectivity index (χ0) is 20.5. The third-order valence-corrected chi connectivity index (χ3v) is 7.06. The van der Waals surface area contributed by atoms with Crippen molar-refractivity contribution in [2.75, 3.05) is 46.1 Å². The highest BCUT2D eigenvalue weighted by Gasteiger charge is 2.31. The first kappa shape index (κ1) is 19.8. The van der Waals surface area contributed by atoms with Crippen molar-refractivity contribution >= 4 is 17.2 Å². The molecule has 0 aliphatic carbocycles. The van der Waals surface area contributed by atoms with Gasteiger partial charge in [0.25, 0.3) is 5.91 Å². The fraction of sp³-hybridized carbons (Fsp3) is 0.545. The minimum Gasteiger partial charge on any atom is -0.454 e. The Kier molecular flexibility index (Phi) is 5.62. The lowest BCUT2D eigenvalue weighted by atomic mass is 10.0. The summed E-state index contributed by atoms with van der Waals surface area (Å²) in [5.74, 6) is 1.78. The predicted molar refractivity (Wildman–Crippen MR) is 115 cm³/mol. The second-order valence-corrected chi connectivity index (χ2v) is 9.36. The Morgan fingerprint density at radius 2 is 2.00 bits per heavy atom. The number of thiazole rings is 1. The van der Waals surface area contributed by atoms with E-state index in [-0.39, 0.29) is 5.91 Å². The van der Waals surface area contributed by atoms with Crippen molar-refractivity contribution < 1.29 is 14.3 Å². The van der Waals surface area contributed by atoms with Gasteiger partial charge in [0.1, 0.15) is 5.69 Å². The van der Waals surface area contributed by atoms with Crippen molar-refractivity contribution in [1.82, 2.24) is 19.7 Å². The number of aryl methyl sites for hydroxylation is 1. The number of piperazine rings is 1. The summed E-state index contributed by atoms with van der Waals surface area (Å²) in [4.78, 5) is 24.3. The quantitative estimate of drug-likeness (QED) is 0.746. The summed E-state index contributed by atoms with van der Waals surface area (Å²) in [6, 6.07) is 6.69. The Bertz CT molecular complexity index is 910. The molecule has 1 atom stereocenters. The molecule has 3 aliphatic heterocycles. The third-order valence-electron chi connectivity index (χ3n) is 6.29. The molecule has 1 aromatic carbocycles. The van der Waals surface area contributed by atoms with Gasteiger partial charge in [0.2, 0.25) is 6.79 Å². The number of aromatic nitrogens is 1. The molecular weight excluding hydrogens is 400 g/mol. The second kappa shape index (κ2) is 8.53. The molecule has 30 heavy (non-hydrogen) atoms. The van der Waals surface area contributed by atoms with Crippen molar-refractivity contribution in [1.29, 1.82) is 0 Å². The van der Waals surface area contributed by atoms with E-state index in [4.69, 9.17) is 9.47 Å². The number of rotatable bonds is 4. The van der Waals surface area contributed by atoms with Crippen LogP contribution in [0.5, 0.6) is 11.5 Å². The molecule has 1 aromatic heterocycles.